The highest BCUT2D eigenvalue weighted by Crippen LogP contribution is 2.29. The number of allylic oxidation sites excluding steroid dienone is 5. The molecule has 5 amide bonds. The van der Waals surface area contributed by atoms with Crippen LogP contribution in [0.4, 0.5) is 5.69 Å². The topological polar surface area (TPSA) is 143 Å². The van der Waals surface area contributed by atoms with Gasteiger partial charge in [-0.05, 0) is 90.1 Å². The molecule has 1 unspecified atom stereocenters. The van der Waals surface area contributed by atoms with Gasteiger partial charge < -0.3 is 20.1 Å². The second-order valence-electron chi connectivity index (χ2n) is 13.4. The molecule has 2 aliphatic rings. The SMILES string of the molecule is CC(C)=CCCC(C)=CCCC(C)=CCSc1ccccc1C(=O)NCCOCCOCCNc1ccc2c(c1)C(=O)N(C1CCC(=O)NC1=O)C2=O. The number of benzene rings is 2. The highest BCUT2D eigenvalue weighted by Gasteiger charge is 2.44. The van der Waals surface area contributed by atoms with Crippen molar-refractivity contribution in [3.63, 3.8) is 0 Å². The minimum absolute atomic E-state index is 0.0712. The van der Waals surface area contributed by atoms with Crippen LogP contribution in [0.2, 0.25) is 0 Å². The van der Waals surface area contributed by atoms with Gasteiger partial charge in [-0.25, -0.2) is 0 Å². The van der Waals surface area contributed by atoms with E-state index in [0.29, 0.717) is 50.8 Å². The Balaban J connectivity index is 1.07. The van der Waals surface area contributed by atoms with Gasteiger partial charge in [-0.2, -0.15) is 0 Å². The van der Waals surface area contributed by atoms with Gasteiger partial charge in [0.15, 0.2) is 0 Å². The number of carbonyl (C=O) groups is 5. The Labute approximate surface area is 317 Å². The lowest BCUT2D eigenvalue weighted by Gasteiger charge is -2.27. The largest absolute Gasteiger partial charge is 0.383 e. The Morgan fingerprint density at radius 2 is 1.53 bits per heavy atom. The van der Waals surface area contributed by atoms with E-state index in [9.17, 15) is 24.0 Å². The molecule has 1 fully saturated rings. The van der Waals surface area contributed by atoms with Crippen molar-refractivity contribution >= 4 is 47.0 Å². The highest BCUT2D eigenvalue weighted by molar-refractivity contribution is 7.99. The highest BCUT2D eigenvalue weighted by atomic mass is 32.2. The van der Waals surface area contributed by atoms with Gasteiger partial charge in [0.25, 0.3) is 17.7 Å². The van der Waals surface area contributed by atoms with Crippen LogP contribution >= 0.6 is 11.8 Å². The van der Waals surface area contributed by atoms with Crippen molar-refractivity contribution in [2.45, 2.75) is 77.2 Å². The maximum absolute atomic E-state index is 13.0. The molecule has 0 bridgehead atoms. The lowest BCUT2D eigenvalue weighted by molar-refractivity contribution is -0.136. The first-order valence-electron chi connectivity index (χ1n) is 18.2. The Hall–Kier alpha value is -4.52. The number of carbonyl (C=O) groups excluding carboxylic acids is 5. The summed E-state index contributed by atoms with van der Waals surface area (Å²) in [7, 11) is 0. The van der Waals surface area contributed by atoms with Crippen molar-refractivity contribution in [1.82, 2.24) is 15.5 Å². The normalized spacial score (nSPS) is 16.1. The number of thioether (sulfide) groups is 1. The van der Waals surface area contributed by atoms with Gasteiger partial charge in [0.05, 0.1) is 43.1 Å². The van der Waals surface area contributed by atoms with Crippen molar-refractivity contribution in [2.24, 2.45) is 0 Å². The third kappa shape index (κ3) is 12.8. The first-order chi connectivity index (χ1) is 25.5. The first-order valence-corrected chi connectivity index (χ1v) is 19.2. The molecule has 0 aliphatic carbocycles. The molecule has 2 aromatic rings. The minimum atomic E-state index is -0.998. The van der Waals surface area contributed by atoms with Crippen LogP contribution in [0.3, 0.4) is 0 Å². The smallest absolute Gasteiger partial charge is 0.262 e. The monoisotopic (exact) mass is 744 g/mol. The van der Waals surface area contributed by atoms with Crippen LogP contribution in [0.5, 0.6) is 0 Å². The summed E-state index contributed by atoms with van der Waals surface area (Å²) in [6, 6.07) is 11.5. The summed E-state index contributed by atoms with van der Waals surface area (Å²) in [6.07, 6.45) is 11.3. The summed E-state index contributed by atoms with van der Waals surface area (Å²) in [5, 5.41) is 8.31. The van der Waals surface area contributed by atoms with E-state index in [1.807, 2.05) is 24.3 Å². The number of hydrogen-bond acceptors (Lipinski definition) is 9. The first kappa shape index (κ1) is 41.2. The maximum atomic E-state index is 13.0. The van der Waals surface area contributed by atoms with Gasteiger partial charge in [-0.3, -0.25) is 34.2 Å². The van der Waals surface area contributed by atoms with Gasteiger partial charge in [-0.1, -0.05) is 47.1 Å². The zero-order chi connectivity index (χ0) is 38.2. The molecule has 2 aromatic carbocycles. The van der Waals surface area contributed by atoms with Gasteiger partial charge in [0, 0.05) is 35.8 Å². The number of anilines is 1. The van der Waals surface area contributed by atoms with Gasteiger partial charge >= 0.3 is 0 Å². The van der Waals surface area contributed by atoms with Crippen LogP contribution < -0.4 is 16.0 Å². The molecule has 1 atom stereocenters. The van der Waals surface area contributed by atoms with Crippen LogP contribution in [-0.4, -0.2) is 85.7 Å². The zero-order valence-corrected chi connectivity index (χ0v) is 32.1. The number of fused-ring (bicyclic) bond motifs is 1. The molecule has 0 spiro atoms. The summed E-state index contributed by atoms with van der Waals surface area (Å²) < 4.78 is 11.3. The third-order valence-electron chi connectivity index (χ3n) is 8.84. The number of piperidine rings is 1. The van der Waals surface area contributed by atoms with E-state index >= 15 is 0 Å². The molecular weight excluding hydrogens is 693 g/mol. The van der Waals surface area contributed by atoms with Crippen LogP contribution in [0.15, 0.2) is 82.3 Å². The summed E-state index contributed by atoms with van der Waals surface area (Å²) in [6.45, 7) is 10.9. The number of imide groups is 2. The van der Waals surface area contributed by atoms with Gasteiger partial charge in [0.1, 0.15) is 6.04 Å². The molecule has 284 valence electrons. The molecule has 1 saturated heterocycles. The maximum Gasteiger partial charge on any atom is 0.262 e. The number of hydrogen-bond donors (Lipinski definition) is 3. The van der Waals surface area contributed by atoms with E-state index in [2.05, 4.69) is 61.9 Å². The van der Waals surface area contributed by atoms with Crippen molar-refractivity contribution in [3.8, 4) is 0 Å². The molecule has 3 N–H and O–H groups in total. The number of ether oxygens (including phenoxy) is 2. The van der Waals surface area contributed by atoms with E-state index in [-0.39, 0.29) is 29.9 Å². The molecule has 53 heavy (non-hydrogen) atoms. The van der Waals surface area contributed by atoms with Crippen molar-refractivity contribution in [3.05, 3.63) is 94.1 Å². The van der Waals surface area contributed by atoms with Crippen molar-refractivity contribution < 1.29 is 33.4 Å². The molecule has 0 aromatic heterocycles. The van der Waals surface area contributed by atoms with E-state index in [1.54, 1.807) is 30.0 Å². The van der Waals surface area contributed by atoms with E-state index in [4.69, 9.17) is 9.47 Å². The fourth-order valence-corrected chi connectivity index (χ4v) is 6.93. The lowest BCUT2D eigenvalue weighted by atomic mass is 10.0. The van der Waals surface area contributed by atoms with Crippen molar-refractivity contribution in [2.75, 3.05) is 50.6 Å². The minimum Gasteiger partial charge on any atom is -0.383 e. The van der Waals surface area contributed by atoms with E-state index in [1.165, 1.54) is 16.7 Å². The second kappa shape index (κ2) is 21.2. The second-order valence-corrected chi connectivity index (χ2v) is 14.4. The molecule has 4 rings (SSSR count). The number of rotatable bonds is 21. The van der Waals surface area contributed by atoms with E-state index in [0.717, 1.165) is 41.2 Å². The average Bonchev–Trinajstić information content (AvgIpc) is 3.37. The molecule has 11 nitrogen and oxygen atoms in total. The fourth-order valence-electron chi connectivity index (χ4n) is 5.90. The number of amides is 5. The van der Waals surface area contributed by atoms with Crippen LogP contribution in [0, 0.1) is 0 Å². The van der Waals surface area contributed by atoms with Crippen molar-refractivity contribution in [1.29, 1.82) is 0 Å². The van der Waals surface area contributed by atoms with Crippen LogP contribution in [0.25, 0.3) is 0 Å². The Morgan fingerprint density at radius 1 is 0.849 bits per heavy atom. The fraction of sp³-hybridized carbons (Fsp3) is 0.439. The third-order valence-corrected chi connectivity index (χ3v) is 9.84. The van der Waals surface area contributed by atoms with E-state index < -0.39 is 29.7 Å². The predicted molar refractivity (Wildman–Crippen MR) is 208 cm³/mol. The number of nitrogens with one attached hydrogen (secondary N) is 3. The Morgan fingerprint density at radius 3 is 2.26 bits per heavy atom. The molecule has 12 heteroatoms. The zero-order valence-electron chi connectivity index (χ0n) is 31.3. The average molecular weight is 745 g/mol. The summed E-state index contributed by atoms with van der Waals surface area (Å²) in [5.74, 6) is -1.47. The number of nitrogens with zero attached hydrogens (tertiary/aromatic N) is 1. The van der Waals surface area contributed by atoms with Gasteiger partial charge in [-0.15, -0.1) is 11.8 Å². The molecule has 2 heterocycles. The lowest BCUT2D eigenvalue weighted by Crippen LogP contribution is -2.54. The predicted octanol–water partition coefficient (Wildman–Crippen LogP) is 6.47. The quantitative estimate of drug-likeness (QED) is 0.0567. The van der Waals surface area contributed by atoms with Crippen LogP contribution in [-0.2, 0) is 19.1 Å². The van der Waals surface area contributed by atoms with Crippen LogP contribution in [0.1, 0.15) is 97.3 Å². The molecule has 2 aliphatic heterocycles. The molecule has 0 saturated carbocycles. The standard InChI is InChI=1S/C41H52N4O7S/c1-28(2)9-7-10-29(3)11-8-12-30(4)19-26-53-36-14-6-5-13-33(36)38(47)43-21-23-52-25-24-51-22-20-42-31-15-16-32-34(27-31)41(50)45(40(32)49)35-17-18-37(46)44-39(35)48/h5-6,9,11,13-16,19,27,35,42H,7-8,10,12,17-18,20-26H2,1-4H3,(H,43,47)(H,44,46,48). The summed E-state index contributed by atoms with van der Waals surface area (Å²) in [5.41, 5.74) is 5.88. The molecular formula is C41H52N4O7S. The Kier molecular flexibility index (Phi) is 16.5. The Bertz CT molecular complexity index is 1730. The van der Waals surface area contributed by atoms with Gasteiger partial charge in [0.2, 0.25) is 11.8 Å². The summed E-state index contributed by atoms with van der Waals surface area (Å²) in [4.78, 5) is 64.4. The summed E-state index contributed by atoms with van der Waals surface area (Å²) >= 11 is 1.66. The molecule has 0 radical (unpaired) electrons.